The zero-order valence-electron chi connectivity index (χ0n) is 10.6. The molecule has 1 amide bonds. The van der Waals surface area contributed by atoms with E-state index >= 15 is 0 Å². The van der Waals surface area contributed by atoms with Crippen molar-refractivity contribution in [1.82, 2.24) is 5.32 Å². The zero-order valence-corrected chi connectivity index (χ0v) is 11.3. The van der Waals surface area contributed by atoms with E-state index in [1.165, 1.54) is 18.2 Å². The third kappa shape index (κ3) is 2.96. The molecule has 0 unspecified atom stereocenters. The Morgan fingerprint density at radius 3 is 2.74 bits per heavy atom. The smallest absolute Gasteiger partial charge is 0.256 e. The van der Waals surface area contributed by atoms with Gasteiger partial charge in [0.05, 0.1) is 10.6 Å². The average molecular weight is 282 g/mol. The lowest BCUT2D eigenvalue weighted by molar-refractivity contribution is 0.0947. The van der Waals surface area contributed by atoms with Crippen LogP contribution in [-0.4, -0.2) is 5.91 Å². The summed E-state index contributed by atoms with van der Waals surface area (Å²) >= 11 is 5.82. The third-order valence-electron chi connectivity index (χ3n) is 2.77. The number of nitrogens with one attached hydrogen (secondary N) is 1. The largest absolute Gasteiger partial charge is 0.466 e. The lowest BCUT2D eigenvalue weighted by Gasteiger charge is -2.07. The van der Waals surface area contributed by atoms with Gasteiger partial charge in [0.25, 0.3) is 5.91 Å². The molecule has 3 nitrogen and oxygen atoms in total. The Morgan fingerprint density at radius 1 is 1.42 bits per heavy atom. The minimum Gasteiger partial charge on any atom is -0.466 e. The van der Waals surface area contributed by atoms with E-state index in [1.807, 2.05) is 19.9 Å². The van der Waals surface area contributed by atoms with Crippen LogP contribution in [0.3, 0.4) is 0 Å². The first-order chi connectivity index (χ1) is 8.99. The molecule has 1 aromatic heterocycles. The van der Waals surface area contributed by atoms with Crippen LogP contribution >= 0.6 is 11.6 Å². The van der Waals surface area contributed by atoms with Gasteiger partial charge in [-0.1, -0.05) is 17.7 Å². The summed E-state index contributed by atoms with van der Waals surface area (Å²) in [7, 11) is 0. The Balaban J connectivity index is 2.12. The number of aryl methyl sites for hydroxylation is 2. The topological polar surface area (TPSA) is 42.2 Å². The van der Waals surface area contributed by atoms with Crippen molar-refractivity contribution in [3.63, 3.8) is 0 Å². The predicted octanol–water partition coefficient (Wildman–Crippen LogP) is 3.62. The molecule has 0 aliphatic rings. The number of carbonyl (C=O) groups excluding carboxylic acids is 1. The maximum absolute atomic E-state index is 13.5. The Labute approximate surface area is 115 Å². The second-order valence-corrected chi connectivity index (χ2v) is 4.63. The first-order valence-corrected chi connectivity index (χ1v) is 6.15. The number of carbonyl (C=O) groups is 1. The van der Waals surface area contributed by atoms with Crippen LogP contribution in [0.2, 0.25) is 5.02 Å². The highest BCUT2D eigenvalue weighted by Gasteiger charge is 2.16. The summed E-state index contributed by atoms with van der Waals surface area (Å²) in [5.41, 5.74) is 0.723. The number of hydrogen-bond acceptors (Lipinski definition) is 2. The summed E-state index contributed by atoms with van der Waals surface area (Å²) in [6, 6.07) is 5.97. The monoisotopic (exact) mass is 281 g/mol. The van der Waals surface area contributed by atoms with Crippen molar-refractivity contribution in [1.29, 1.82) is 0 Å². The molecular weight excluding hydrogens is 269 g/mol. The highest BCUT2D eigenvalue weighted by molar-refractivity contribution is 6.33. The van der Waals surface area contributed by atoms with E-state index in [-0.39, 0.29) is 17.1 Å². The summed E-state index contributed by atoms with van der Waals surface area (Å²) in [5, 5.41) is 2.72. The fraction of sp³-hybridized carbons (Fsp3) is 0.214. The van der Waals surface area contributed by atoms with E-state index in [9.17, 15) is 9.18 Å². The lowest BCUT2D eigenvalue weighted by Crippen LogP contribution is -2.24. The standard InChI is InChI=1S/C14H13ClFNO2/c1-8-6-10(9(2)19-8)7-17-14(18)13-11(15)4-3-5-12(13)16/h3-6H,7H2,1-2H3,(H,17,18). The average Bonchev–Trinajstić information content (AvgIpc) is 2.65. The predicted molar refractivity (Wildman–Crippen MR) is 70.8 cm³/mol. The van der Waals surface area contributed by atoms with E-state index < -0.39 is 11.7 Å². The van der Waals surface area contributed by atoms with Gasteiger partial charge >= 0.3 is 0 Å². The minimum atomic E-state index is -0.634. The second-order valence-electron chi connectivity index (χ2n) is 4.22. The van der Waals surface area contributed by atoms with Crippen molar-refractivity contribution in [2.75, 3.05) is 0 Å². The van der Waals surface area contributed by atoms with Crippen LogP contribution in [0.15, 0.2) is 28.7 Å². The van der Waals surface area contributed by atoms with Crippen LogP contribution in [0.25, 0.3) is 0 Å². The maximum atomic E-state index is 13.5. The third-order valence-corrected chi connectivity index (χ3v) is 3.09. The highest BCUT2D eigenvalue weighted by Crippen LogP contribution is 2.19. The summed E-state index contributed by atoms with van der Waals surface area (Å²) in [6.07, 6.45) is 0. The summed E-state index contributed by atoms with van der Waals surface area (Å²) in [5.74, 6) is 0.328. The molecule has 2 rings (SSSR count). The second kappa shape index (κ2) is 5.45. The molecule has 0 fully saturated rings. The Hall–Kier alpha value is -1.81. The highest BCUT2D eigenvalue weighted by atomic mass is 35.5. The molecule has 100 valence electrons. The van der Waals surface area contributed by atoms with Crippen LogP contribution in [0, 0.1) is 19.7 Å². The van der Waals surface area contributed by atoms with Crippen molar-refractivity contribution < 1.29 is 13.6 Å². The zero-order chi connectivity index (χ0) is 14.0. The molecule has 0 spiro atoms. The molecule has 2 aromatic rings. The van der Waals surface area contributed by atoms with E-state index in [1.54, 1.807) is 0 Å². The molecule has 1 aromatic carbocycles. The summed E-state index contributed by atoms with van der Waals surface area (Å²) < 4.78 is 18.9. The van der Waals surface area contributed by atoms with Crippen LogP contribution in [0.1, 0.15) is 27.4 Å². The maximum Gasteiger partial charge on any atom is 0.256 e. The van der Waals surface area contributed by atoms with Crippen molar-refractivity contribution >= 4 is 17.5 Å². The van der Waals surface area contributed by atoms with Crippen LogP contribution in [0.4, 0.5) is 4.39 Å². The van der Waals surface area contributed by atoms with Gasteiger partial charge in [0.1, 0.15) is 17.3 Å². The van der Waals surface area contributed by atoms with E-state index in [0.717, 1.165) is 17.1 Å². The van der Waals surface area contributed by atoms with Crippen molar-refractivity contribution in [3.8, 4) is 0 Å². The molecule has 19 heavy (non-hydrogen) atoms. The minimum absolute atomic E-state index is 0.0950. The number of hydrogen-bond donors (Lipinski definition) is 1. The van der Waals surface area contributed by atoms with Gasteiger partial charge in [-0.25, -0.2) is 4.39 Å². The van der Waals surface area contributed by atoms with Gasteiger partial charge in [-0.2, -0.15) is 0 Å². The SMILES string of the molecule is Cc1cc(CNC(=O)c2c(F)cccc2Cl)c(C)o1. The molecule has 1 heterocycles. The summed E-state index contributed by atoms with van der Waals surface area (Å²) in [4.78, 5) is 11.9. The lowest BCUT2D eigenvalue weighted by atomic mass is 10.2. The van der Waals surface area contributed by atoms with E-state index in [2.05, 4.69) is 5.32 Å². The van der Waals surface area contributed by atoms with E-state index in [4.69, 9.17) is 16.0 Å². The molecule has 0 aliphatic carbocycles. The van der Waals surface area contributed by atoms with Gasteiger partial charge in [-0.15, -0.1) is 0 Å². The van der Waals surface area contributed by atoms with Crippen LogP contribution in [0.5, 0.6) is 0 Å². The number of rotatable bonds is 3. The molecule has 0 radical (unpaired) electrons. The molecular formula is C14H13ClFNO2. The van der Waals surface area contributed by atoms with Gasteiger partial charge < -0.3 is 9.73 Å². The van der Waals surface area contributed by atoms with Gasteiger partial charge in [-0.3, -0.25) is 4.79 Å². The molecule has 5 heteroatoms. The Bertz CT molecular complexity index is 602. The molecule has 1 N–H and O–H groups in total. The molecule has 0 atom stereocenters. The van der Waals surface area contributed by atoms with Crippen LogP contribution < -0.4 is 5.32 Å². The van der Waals surface area contributed by atoms with Gasteiger partial charge in [0, 0.05) is 12.1 Å². The normalized spacial score (nSPS) is 10.5. The van der Waals surface area contributed by atoms with Gasteiger partial charge in [0.2, 0.25) is 0 Å². The first kappa shape index (κ1) is 13.6. The number of furan rings is 1. The number of halogens is 2. The first-order valence-electron chi connectivity index (χ1n) is 5.77. The number of benzene rings is 1. The fourth-order valence-corrected chi connectivity index (χ4v) is 2.09. The van der Waals surface area contributed by atoms with Crippen molar-refractivity contribution in [3.05, 3.63) is 57.8 Å². The summed E-state index contributed by atoms with van der Waals surface area (Å²) in [6.45, 7) is 3.91. The Kier molecular flexibility index (Phi) is 3.90. The quantitative estimate of drug-likeness (QED) is 0.934. The Morgan fingerprint density at radius 2 is 2.16 bits per heavy atom. The molecule has 0 saturated heterocycles. The van der Waals surface area contributed by atoms with Gasteiger partial charge in [0.15, 0.2) is 0 Å². The van der Waals surface area contributed by atoms with Gasteiger partial charge in [-0.05, 0) is 32.0 Å². The van der Waals surface area contributed by atoms with Crippen LogP contribution in [-0.2, 0) is 6.54 Å². The van der Waals surface area contributed by atoms with Crippen molar-refractivity contribution in [2.45, 2.75) is 20.4 Å². The van der Waals surface area contributed by atoms with Crippen molar-refractivity contribution in [2.24, 2.45) is 0 Å². The fourth-order valence-electron chi connectivity index (χ4n) is 1.84. The molecule has 0 bridgehead atoms. The molecule has 0 saturated carbocycles. The number of amides is 1. The molecule has 0 aliphatic heterocycles. The van der Waals surface area contributed by atoms with E-state index in [0.29, 0.717) is 0 Å².